The average molecular weight is 330 g/mol. The molecule has 1 amide bonds. The van der Waals surface area contributed by atoms with Crippen molar-refractivity contribution in [1.29, 1.82) is 0 Å². The summed E-state index contributed by atoms with van der Waals surface area (Å²) in [5.74, 6) is 0.793. The van der Waals surface area contributed by atoms with Gasteiger partial charge in [0, 0.05) is 24.0 Å². The van der Waals surface area contributed by atoms with Crippen LogP contribution in [0.3, 0.4) is 0 Å². The average Bonchev–Trinajstić information content (AvgIpc) is 2.59. The predicted molar refractivity (Wildman–Crippen MR) is 90.3 cm³/mol. The Labute approximate surface area is 140 Å². The fourth-order valence-electron chi connectivity index (χ4n) is 2.55. The van der Waals surface area contributed by atoms with Crippen molar-refractivity contribution in [3.63, 3.8) is 0 Å². The number of carbonyl (C=O) groups is 1. The number of fused-ring (bicyclic) bond motifs is 1. The van der Waals surface area contributed by atoms with Gasteiger partial charge in [-0.25, -0.2) is 4.39 Å². The lowest BCUT2D eigenvalue weighted by atomic mass is 10.2. The molecule has 0 unspecified atom stereocenters. The van der Waals surface area contributed by atoms with Crippen LogP contribution in [0.2, 0.25) is 0 Å². The second kappa shape index (κ2) is 7.21. The number of hydrogen-bond acceptors (Lipinski definition) is 4. The minimum atomic E-state index is -0.321. The first-order valence-electron chi connectivity index (χ1n) is 7.85. The topological polar surface area (TPSA) is 50.8 Å². The Morgan fingerprint density at radius 2 is 1.96 bits per heavy atom. The smallest absolute Gasteiger partial charge is 0.243 e. The maximum atomic E-state index is 13.4. The molecule has 0 aromatic heterocycles. The van der Waals surface area contributed by atoms with Gasteiger partial charge >= 0.3 is 0 Å². The van der Waals surface area contributed by atoms with Crippen LogP contribution in [0.4, 0.5) is 15.8 Å². The van der Waals surface area contributed by atoms with Crippen LogP contribution >= 0.6 is 0 Å². The lowest BCUT2D eigenvalue weighted by molar-refractivity contribution is -0.115. The van der Waals surface area contributed by atoms with Crippen molar-refractivity contribution in [2.75, 3.05) is 36.5 Å². The molecule has 0 fully saturated rings. The summed E-state index contributed by atoms with van der Waals surface area (Å²) in [4.78, 5) is 14.1. The molecule has 0 saturated carbocycles. The van der Waals surface area contributed by atoms with E-state index < -0.39 is 0 Å². The van der Waals surface area contributed by atoms with Gasteiger partial charge in [0.2, 0.25) is 5.91 Å². The van der Waals surface area contributed by atoms with Crippen molar-refractivity contribution in [3.8, 4) is 11.5 Å². The quantitative estimate of drug-likeness (QED) is 0.915. The Bertz CT molecular complexity index is 736. The number of rotatable bonds is 5. The molecule has 1 heterocycles. The fourth-order valence-corrected chi connectivity index (χ4v) is 2.55. The van der Waals surface area contributed by atoms with Crippen molar-refractivity contribution in [3.05, 3.63) is 48.3 Å². The van der Waals surface area contributed by atoms with Gasteiger partial charge in [-0.1, -0.05) is 6.07 Å². The summed E-state index contributed by atoms with van der Waals surface area (Å²) in [5.41, 5.74) is 1.31. The third-order valence-corrected chi connectivity index (χ3v) is 3.72. The molecule has 0 radical (unpaired) electrons. The highest BCUT2D eigenvalue weighted by Crippen LogP contribution is 2.32. The molecule has 2 aromatic carbocycles. The summed E-state index contributed by atoms with van der Waals surface area (Å²) < 4.78 is 24.3. The second-order valence-corrected chi connectivity index (χ2v) is 5.40. The standard InChI is InChI=1S/C18H19FN2O3/c1-2-21(15-5-3-4-13(19)10-15)12-18(22)20-14-6-7-16-17(11-14)24-9-8-23-16/h3-7,10-11H,2,8-9,12H2,1H3,(H,20,22). The molecule has 2 aromatic rings. The van der Waals surface area contributed by atoms with Crippen molar-refractivity contribution in [2.24, 2.45) is 0 Å². The van der Waals surface area contributed by atoms with E-state index in [1.54, 1.807) is 35.2 Å². The molecule has 24 heavy (non-hydrogen) atoms. The SMILES string of the molecule is CCN(CC(=O)Nc1ccc2c(c1)OCCO2)c1cccc(F)c1. The maximum Gasteiger partial charge on any atom is 0.243 e. The number of amides is 1. The van der Waals surface area contributed by atoms with Crippen LogP contribution in [-0.4, -0.2) is 32.2 Å². The first kappa shape index (κ1) is 16.1. The molecule has 1 N–H and O–H groups in total. The van der Waals surface area contributed by atoms with Gasteiger partial charge in [-0.2, -0.15) is 0 Å². The molecule has 1 aliphatic rings. The van der Waals surface area contributed by atoms with Crippen molar-refractivity contribution >= 4 is 17.3 Å². The number of nitrogens with one attached hydrogen (secondary N) is 1. The van der Waals surface area contributed by atoms with Gasteiger partial charge < -0.3 is 19.7 Å². The number of nitrogens with zero attached hydrogens (tertiary/aromatic N) is 1. The molecule has 0 saturated heterocycles. The van der Waals surface area contributed by atoms with E-state index in [-0.39, 0.29) is 18.3 Å². The molecule has 6 heteroatoms. The van der Waals surface area contributed by atoms with E-state index in [0.717, 1.165) is 0 Å². The monoisotopic (exact) mass is 330 g/mol. The molecule has 126 valence electrons. The lowest BCUT2D eigenvalue weighted by Crippen LogP contribution is -2.33. The van der Waals surface area contributed by atoms with Crippen molar-refractivity contribution in [2.45, 2.75) is 6.92 Å². The van der Waals surface area contributed by atoms with E-state index in [1.807, 2.05) is 6.92 Å². The van der Waals surface area contributed by atoms with E-state index in [4.69, 9.17) is 9.47 Å². The first-order chi connectivity index (χ1) is 11.7. The minimum Gasteiger partial charge on any atom is -0.486 e. The molecule has 3 rings (SSSR count). The van der Waals surface area contributed by atoms with Gasteiger partial charge in [0.05, 0.1) is 6.54 Å². The van der Waals surface area contributed by atoms with Gasteiger partial charge in [-0.15, -0.1) is 0 Å². The number of anilines is 2. The summed E-state index contributed by atoms with van der Waals surface area (Å²) in [7, 11) is 0. The number of hydrogen-bond donors (Lipinski definition) is 1. The van der Waals surface area contributed by atoms with E-state index in [9.17, 15) is 9.18 Å². The number of ether oxygens (including phenoxy) is 2. The molecule has 0 bridgehead atoms. The molecule has 1 aliphatic heterocycles. The summed E-state index contributed by atoms with van der Waals surface area (Å²) in [6.45, 7) is 3.67. The highest BCUT2D eigenvalue weighted by molar-refractivity contribution is 5.94. The largest absolute Gasteiger partial charge is 0.486 e. The number of carbonyl (C=O) groups excluding carboxylic acids is 1. The van der Waals surface area contributed by atoms with E-state index in [1.165, 1.54) is 12.1 Å². The van der Waals surface area contributed by atoms with Crippen molar-refractivity contribution < 1.29 is 18.7 Å². The van der Waals surface area contributed by atoms with Gasteiger partial charge in [0.1, 0.15) is 19.0 Å². The van der Waals surface area contributed by atoms with Gasteiger partial charge in [0.25, 0.3) is 0 Å². The summed E-state index contributed by atoms with van der Waals surface area (Å²) in [5, 5.41) is 2.83. The Hall–Kier alpha value is -2.76. The van der Waals surface area contributed by atoms with Crippen LogP contribution in [0.5, 0.6) is 11.5 Å². The van der Waals surface area contributed by atoms with Gasteiger partial charge in [-0.3, -0.25) is 4.79 Å². The molecule has 5 nitrogen and oxygen atoms in total. The zero-order valence-electron chi connectivity index (χ0n) is 13.4. The molecule has 0 spiro atoms. The maximum absolute atomic E-state index is 13.4. The van der Waals surface area contributed by atoms with Gasteiger partial charge in [-0.05, 0) is 37.3 Å². The molecular weight excluding hydrogens is 311 g/mol. The second-order valence-electron chi connectivity index (χ2n) is 5.40. The number of likely N-dealkylation sites (N-methyl/N-ethyl adjacent to an activating group) is 1. The Morgan fingerprint density at radius 1 is 1.17 bits per heavy atom. The summed E-state index contributed by atoms with van der Waals surface area (Å²) in [6.07, 6.45) is 0. The van der Waals surface area contributed by atoms with Crippen LogP contribution in [0.15, 0.2) is 42.5 Å². The zero-order chi connectivity index (χ0) is 16.9. The van der Waals surface area contributed by atoms with E-state index >= 15 is 0 Å². The molecular formula is C18H19FN2O3. The minimum absolute atomic E-state index is 0.133. The van der Waals surface area contributed by atoms with Crippen LogP contribution in [-0.2, 0) is 4.79 Å². The Kier molecular flexibility index (Phi) is 4.84. The Morgan fingerprint density at radius 3 is 2.71 bits per heavy atom. The van der Waals surface area contributed by atoms with Crippen LogP contribution in [0.1, 0.15) is 6.92 Å². The fraction of sp³-hybridized carbons (Fsp3) is 0.278. The van der Waals surface area contributed by atoms with E-state index in [0.29, 0.717) is 42.6 Å². The Balaban J connectivity index is 1.66. The molecule has 0 atom stereocenters. The van der Waals surface area contributed by atoms with E-state index in [2.05, 4.69) is 5.32 Å². The normalized spacial score (nSPS) is 12.6. The number of halogens is 1. The van der Waals surface area contributed by atoms with Crippen LogP contribution in [0, 0.1) is 5.82 Å². The predicted octanol–water partition coefficient (Wildman–Crippen LogP) is 3.06. The van der Waals surface area contributed by atoms with Crippen molar-refractivity contribution in [1.82, 2.24) is 0 Å². The lowest BCUT2D eigenvalue weighted by Gasteiger charge is -2.23. The summed E-state index contributed by atoms with van der Waals surface area (Å²) >= 11 is 0. The highest BCUT2D eigenvalue weighted by Gasteiger charge is 2.14. The first-order valence-corrected chi connectivity index (χ1v) is 7.85. The van der Waals surface area contributed by atoms with Gasteiger partial charge in [0.15, 0.2) is 11.5 Å². The number of benzene rings is 2. The summed E-state index contributed by atoms with van der Waals surface area (Å²) in [6, 6.07) is 11.5. The van der Waals surface area contributed by atoms with Crippen LogP contribution < -0.4 is 19.7 Å². The third kappa shape index (κ3) is 3.76. The third-order valence-electron chi connectivity index (χ3n) is 3.72. The highest BCUT2D eigenvalue weighted by atomic mass is 19.1. The van der Waals surface area contributed by atoms with Crippen LogP contribution in [0.25, 0.3) is 0 Å². The zero-order valence-corrected chi connectivity index (χ0v) is 13.4. The molecule has 0 aliphatic carbocycles.